The van der Waals surface area contributed by atoms with Gasteiger partial charge in [-0.05, 0) is 32.1 Å². The van der Waals surface area contributed by atoms with Gasteiger partial charge < -0.3 is 4.90 Å². The zero-order valence-corrected chi connectivity index (χ0v) is 16.5. The number of allylic oxidation sites excluding steroid dienone is 1. The lowest BCUT2D eigenvalue weighted by Crippen LogP contribution is -2.64. The molecular formula is C20H34N4O2. The van der Waals surface area contributed by atoms with Gasteiger partial charge in [0, 0.05) is 32.2 Å². The summed E-state index contributed by atoms with van der Waals surface area (Å²) in [6, 6.07) is 0.0401. The van der Waals surface area contributed by atoms with Gasteiger partial charge >= 0.3 is 0 Å². The SMILES string of the molecule is CC(C)=CC1C(=O)NNCC1N1CCN(CC2CCCCC2C)C(=O)C1. The van der Waals surface area contributed by atoms with Crippen molar-refractivity contribution in [2.75, 3.05) is 32.7 Å². The minimum absolute atomic E-state index is 0.00615. The molecule has 0 spiro atoms. The van der Waals surface area contributed by atoms with Gasteiger partial charge in [0.25, 0.3) is 0 Å². The fourth-order valence-corrected chi connectivity index (χ4v) is 4.68. The molecule has 3 aliphatic rings. The summed E-state index contributed by atoms with van der Waals surface area (Å²) < 4.78 is 0. The van der Waals surface area contributed by atoms with Crippen molar-refractivity contribution in [2.24, 2.45) is 17.8 Å². The standard InChI is InChI=1S/C20H34N4O2/c1-14(2)10-17-18(11-21-22-20(17)26)23-8-9-24(19(25)13-23)12-16-7-5-4-6-15(16)3/h10,15-18,21H,4-9,11-13H2,1-3H3,(H,22,26). The van der Waals surface area contributed by atoms with Crippen LogP contribution in [-0.4, -0.2) is 60.4 Å². The van der Waals surface area contributed by atoms with E-state index >= 15 is 0 Å². The molecule has 2 aliphatic heterocycles. The van der Waals surface area contributed by atoms with Gasteiger partial charge in [0.15, 0.2) is 0 Å². The lowest BCUT2D eigenvalue weighted by atomic mass is 9.80. The Morgan fingerprint density at radius 2 is 1.96 bits per heavy atom. The number of hydrogen-bond donors (Lipinski definition) is 2. The maximum Gasteiger partial charge on any atom is 0.242 e. The summed E-state index contributed by atoms with van der Waals surface area (Å²) in [4.78, 5) is 29.3. The lowest BCUT2D eigenvalue weighted by Gasteiger charge is -2.44. The molecule has 146 valence electrons. The molecule has 4 unspecified atom stereocenters. The van der Waals surface area contributed by atoms with Crippen molar-refractivity contribution in [3.63, 3.8) is 0 Å². The third-order valence-corrected chi connectivity index (χ3v) is 6.31. The van der Waals surface area contributed by atoms with Crippen molar-refractivity contribution in [1.29, 1.82) is 0 Å². The Balaban J connectivity index is 1.61. The minimum Gasteiger partial charge on any atom is -0.340 e. The molecule has 0 bridgehead atoms. The molecule has 1 saturated carbocycles. The second-order valence-corrected chi connectivity index (χ2v) is 8.54. The molecular weight excluding hydrogens is 328 g/mol. The summed E-state index contributed by atoms with van der Waals surface area (Å²) in [6.07, 6.45) is 7.22. The van der Waals surface area contributed by atoms with Crippen molar-refractivity contribution in [3.8, 4) is 0 Å². The fraction of sp³-hybridized carbons (Fsp3) is 0.800. The molecule has 2 heterocycles. The van der Waals surface area contributed by atoms with Gasteiger partial charge in [0.1, 0.15) is 0 Å². The Bertz CT molecular complexity index is 558. The van der Waals surface area contributed by atoms with Crippen LogP contribution >= 0.6 is 0 Å². The summed E-state index contributed by atoms with van der Waals surface area (Å²) in [7, 11) is 0. The zero-order chi connectivity index (χ0) is 18.7. The van der Waals surface area contributed by atoms with Gasteiger partial charge in [0.2, 0.25) is 11.8 Å². The molecule has 3 rings (SSSR count). The van der Waals surface area contributed by atoms with Gasteiger partial charge in [-0.15, -0.1) is 0 Å². The van der Waals surface area contributed by atoms with Gasteiger partial charge in [-0.2, -0.15) is 0 Å². The first-order chi connectivity index (χ1) is 12.5. The molecule has 3 fully saturated rings. The smallest absolute Gasteiger partial charge is 0.242 e. The predicted molar refractivity (Wildman–Crippen MR) is 102 cm³/mol. The van der Waals surface area contributed by atoms with E-state index in [-0.39, 0.29) is 23.8 Å². The van der Waals surface area contributed by atoms with Crippen molar-refractivity contribution in [3.05, 3.63) is 11.6 Å². The van der Waals surface area contributed by atoms with Crippen molar-refractivity contribution < 1.29 is 9.59 Å². The molecule has 26 heavy (non-hydrogen) atoms. The predicted octanol–water partition coefficient (Wildman–Crippen LogP) is 1.54. The van der Waals surface area contributed by atoms with Crippen molar-refractivity contribution >= 4 is 11.8 Å². The Labute approximate surface area is 157 Å². The number of rotatable bonds is 4. The maximum atomic E-state index is 12.8. The van der Waals surface area contributed by atoms with Gasteiger partial charge in [0.05, 0.1) is 12.5 Å². The largest absolute Gasteiger partial charge is 0.340 e. The lowest BCUT2D eigenvalue weighted by molar-refractivity contribution is -0.141. The van der Waals surface area contributed by atoms with Gasteiger partial charge in [-0.1, -0.05) is 37.8 Å². The van der Waals surface area contributed by atoms with Crippen LogP contribution in [0.1, 0.15) is 46.5 Å². The number of nitrogens with one attached hydrogen (secondary N) is 2. The first kappa shape index (κ1) is 19.4. The van der Waals surface area contributed by atoms with E-state index in [1.165, 1.54) is 25.7 Å². The Morgan fingerprint density at radius 1 is 1.19 bits per heavy atom. The molecule has 2 amide bonds. The molecule has 6 heteroatoms. The van der Waals surface area contributed by atoms with E-state index in [2.05, 4.69) is 27.6 Å². The third-order valence-electron chi connectivity index (χ3n) is 6.31. The Kier molecular flexibility index (Phi) is 6.35. The highest BCUT2D eigenvalue weighted by molar-refractivity contribution is 5.82. The van der Waals surface area contributed by atoms with Crippen LogP contribution in [0.4, 0.5) is 0 Å². The van der Waals surface area contributed by atoms with Crippen molar-refractivity contribution in [1.82, 2.24) is 20.7 Å². The molecule has 0 aromatic carbocycles. The van der Waals surface area contributed by atoms with E-state index in [1.54, 1.807) is 0 Å². The normalized spacial score (nSPS) is 33.7. The highest BCUT2D eigenvalue weighted by atomic mass is 16.2. The molecule has 6 nitrogen and oxygen atoms in total. The molecule has 1 aliphatic carbocycles. The summed E-state index contributed by atoms with van der Waals surface area (Å²) in [5.74, 6) is 1.39. The second kappa shape index (κ2) is 8.53. The molecule has 2 saturated heterocycles. The number of piperazine rings is 1. The average molecular weight is 363 g/mol. The summed E-state index contributed by atoms with van der Waals surface area (Å²) >= 11 is 0. The van der Waals surface area contributed by atoms with Crippen molar-refractivity contribution in [2.45, 2.75) is 52.5 Å². The Morgan fingerprint density at radius 3 is 2.65 bits per heavy atom. The van der Waals surface area contributed by atoms with Crippen LogP contribution in [0.2, 0.25) is 0 Å². The molecule has 0 aromatic rings. The number of hydrazine groups is 1. The van der Waals surface area contributed by atoms with Gasteiger partial charge in [-0.3, -0.25) is 19.9 Å². The van der Waals surface area contributed by atoms with E-state index in [1.807, 2.05) is 19.9 Å². The highest BCUT2D eigenvalue weighted by Gasteiger charge is 2.38. The monoisotopic (exact) mass is 362 g/mol. The van der Waals surface area contributed by atoms with Crippen LogP contribution in [0.3, 0.4) is 0 Å². The van der Waals surface area contributed by atoms with E-state index in [0.29, 0.717) is 19.0 Å². The van der Waals surface area contributed by atoms with E-state index in [4.69, 9.17) is 0 Å². The van der Waals surface area contributed by atoms with Crippen LogP contribution in [0, 0.1) is 17.8 Å². The van der Waals surface area contributed by atoms with Crippen LogP contribution in [0.15, 0.2) is 11.6 Å². The van der Waals surface area contributed by atoms with E-state index in [9.17, 15) is 9.59 Å². The van der Waals surface area contributed by atoms with Crippen LogP contribution in [-0.2, 0) is 9.59 Å². The van der Waals surface area contributed by atoms with E-state index < -0.39 is 0 Å². The average Bonchev–Trinajstić information content (AvgIpc) is 2.60. The first-order valence-corrected chi connectivity index (χ1v) is 10.1. The molecule has 4 atom stereocenters. The molecule has 0 aromatic heterocycles. The maximum absolute atomic E-state index is 12.8. The molecule has 0 radical (unpaired) electrons. The summed E-state index contributed by atoms with van der Waals surface area (Å²) in [6.45, 7) is 10.00. The number of hydrogen-bond acceptors (Lipinski definition) is 4. The topological polar surface area (TPSA) is 64.7 Å². The highest BCUT2D eigenvalue weighted by Crippen LogP contribution is 2.30. The van der Waals surface area contributed by atoms with Gasteiger partial charge in [-0.25, -0.2) is 5.43 Å². The number of carbonyl (C=O) groups excluding carboxylic acids is 2. The number of carbonyl (C=O) groups is 2. The number of amides is 2. The van der Waals surface area contributed by atoms with Crippen LogP contribution in [0.5, 0.6) is 0 Å². The molecule has 2 N–H and O–H groups in total. The Hall–Kier alpha value is -1.40. The minimum atomic E-state index is -0.195. The summed E-state index contributed by atoms with van der Waals surface area (Å²) in [5, 5.41) is 0. The first-order valence-electron chi connectivity index (χ1n) is 10.1. The van der Waals surface area contributed by atoms with Crippen LogP contribution < -0.4 is 10.9 Å². The second-order valence-electron chi connectivity index (χ2n) is 8.54. The van der Waals surface area contributed by atoms with Crippen LogP contribution in [0.25, 0.3) is 0 Å². The number of nitrogens with zero attached hydrogens (tertiary/aromatic N) is 2. The summed E-state index contributed by atoms with van der Waals surface area (Å²) in [5.41, 5.74) is 6.85. The van der Waals surface area contributed by atoms with E-state index in [0.717, 1.165) is 31.1 Å². The quantitative estimate of drug-likeness (QED) is 0.745. The zero-order valence-electron chi connectivity index (χ0n) is 16.5. The fourth-order valence-electron chi connectivity index (χ4n) is 4.68. The third kappa shape index (κ3) is 4.46.